The van der Waals surface area contributed by atoms with Crippen molar-refractivity contribution in [2.75, 3.05) is 0 Å². The lowest BCUT2D eigenvalue weighted by atomic mass is 9.75. The van der Waals surface area contributed by atoms with Crippen molar-refractivity contribution in [2.45, 2.75) is 97.8 Å². The van der Waals surface area contributed by atoms with Crippen LogP contribution in [0.4, 0.5) is 0 Å². The highest BCUT2D eigenvalue weighted by atomic mass is 15.1. The van der Waals surface area contributed by atoms with Crippen molar-refractivity contribution in [3.63, 3.8) is 0 Å². The van der Waals surface area contributed by atoms with Crippen LogP contribution in [0.25, 0.3) is 89.3 Å². The van der Waals surface area contributed by atoms with Crippen LogP contribution < -0.4 is 0 Å². The molecule has 0 radical (unpaired) electrons. The van der Waals surface area contributed by atoms with Gasteiger partial charge in [-0.1, -0.05) is 155 Å². The Balaban J connectivity index is 1.30. The molecule has 6 heterocycles. The van der Waals surface area contributed by atoms with Gasteiger partial charge >= 0.3 is 0 Å². The Hall–Kier alpha value is -6.92. The van der Waals surface area contributed by atoms with Gasteiger partial charge in [-0.2, -0.15) is 0 Å². The first-order chi connectivity index (χ1) is 30.9. The van der Waals surface area contributed by atoms with Crippen LogP contribution in [0.2, 0.25) is 0 Å². The molecule has 6 aromatic carbocycles. The molecule has 6 nitrogen and oxygen atoms in total. The second kappa shape index (κ2) is 14.0. The molecule has 0 unspecified atom stereocenters. The van der Waals surface area contributed by atoms with Crippen LogP contribution in [0.1, 0.15) is 104 Å². The van der Waals surface area contributed by atoms with E-state index in [9.17, 15) is 0 Å². The summed E-state index contributed by atoms with van der Waals surface area (Å²) in [5.74, 6) is 2.57. The second-order valence-electron chi connectivity index (χ2n) is 21.8. The van der Waals surface area contributed by atoms with E-state index in [4.69, 9.17) is 19.9 Å². The number of benzene rings is 6. The third-order valence-corrected chi connectivity index (χ3v) is 13.9. The van der Waals surface area contributed by atoms with Crippen LogP contribution in [-0.4, -0.2) is 29.1 Å². The van der Waals surface area contributed by atoms with E-state index < -0.39 is 5.41 Å². The van der Waals surface area contributed by atoms with Crippen molar-refractivity contribution in [2.24, 2.45) is 0 Å². The lowest BCUT2D eigenvalue weighted by Crippen LogP contribution is -2.20. The zero-order valence-corrected chi connectivity index (χ0v) is 39.5. The number of fused-ring (bicyclic) bond motifs is 5. The maximum absolute atomic E-state index is 5.56. The van der Waals surface area contributed by atoms with Gasteiger partial charge in [0.05, 0.1) is 39.5 Å². The van der Waals surface area contributed by atoms with Gasteiger partial charge in [0.15, 0.2) is 17.5 Å². The van der Waals surface area contributed by atoms with Crippen LogP contribution in [-0.2, 0) is 21.7 Å². The molecule has 6 heteroatoms. The van der Waals surface area contributed by atoms with Crippen LogP contribution in [0.15, 0.2) is 140 Å². The molecule has 0 spiro atoms. The lowest BCUT2D eigenvalue weighted by Gasteiger charge is -2.28. The van der Waals surface area contributed by atoms with Gasteiger partial charge in [-0.05, 0) is 98.7 Å². The summed E-state index contributed by atoms with van der Waals surface area (Å²) in [5, 5.41) is 4.83. The normalized spacial score (nSPS) is 13.9. The van der Waals surface area contributed by atoms with Crippen LogP contribution >= 0.6 is 0 Å². The molecule has 0 amide bonds. The molecular weight excluding hydrogens is 793 g/mol. The summed E-state index contributed by atoms with van der Waals surface area (Å²) < 4.78 is 4.71. The summed E-state index contributed by atoms with van der Waals surface area (Å²) in [6.45, 7) is 25.2. The Kier molecular flexibility index (Phi) is 8.82. The van der Waals surface area contributed by atoms with E-state index >= 15 is 0 Å². The first-order valence-corrected chi connectivity index (χ1v) is 23.0. The minimum Gasteiger partial charge on any atom is -0.308 e. The topological polar surface area (TPSA) is 61.4 Å². The van der Waals surface area contributed by atoms with Crippen molar-refractivity contribution in [3.8, 4) is 45.7 Å². The van der Waals surface area contributed by atoms with Gasteiger partial charge in [-0.15, -0.1) is 0 Å². The Morgan fingerprint density at radius 2 is 0.892 bits per heavy atom. The van der Waals surface area contributed by atoms with E-state index in [1.165, 1.54) is 43.8 Å². The van der Waals surface area contributed by atoms with E-state index in [1.54, 1.807) is 0 Å². The minimum atomic E-state index is -0.400. The molecule has 0 aliphatic carbocycles. The summed E-state index contributed by atoms with van der Waals surface area (Å²) in [7, 11) is 0. The van der Waals surface area contributed by atoms with Gasteiger partial charge in [0.1, 0.15) is 5.82 Å². The van der Waals surface area contributed by atoms with Crippen LogP contribution in [0, 0.1) is 0 Å². The Labute approximate surface area is 382 Å². The summed E-state index contributed by atoms with van der Waals surface area (Å²) in [6.07, 6.45) is 2.04. The fourth-order valence-corrected chi connectivity index (χ4v) is 9.96. The molecule has 4 aromatic heterocycles. The van der Waals surface area contributed by atoms with E-state index in [0.717, 1.165) is 55.8 Å². The fraction of sp³-hybridized carbons (Fsp3) is 0.254. The molecule has 0 saturated carbocycles. The van der Waals surface area contributed by atoms with Crippen LogP contribution in [0.3, 0.4) is 0 Å². The SMILES string of the molecule is CC(C)(C)c1ccc2c(c1)c1cc(C(C)(C)C)ccc1n2-c1cnc2c(c1)-c1nc(-c3ccccc3)nc(n1)-c1ccccc1C(C)(C)c1ccc3c(c1)c1cc(C(C)(C)C)ccc1n3-2. The van der Waals surface area contributed by atoms with Gasteiger partial charge in [-0.3, -0.25) is 4.57 Å². The number of hydrogen-bond donors (Lipinski definition) is 0. The highest BCUT2D eigenvalue weighted by Crippen LogP contribution is 2.45. The molecule has 322 valence electrons. The molecule has 6 bridgehead atoms. The summed E-state index contributed by atoms with van der Waals surface area (Å²) >= 11 is 0. The Morgan fingerprint density at radius 1 is 0.431 bits per heavy atom. The van der Waals surface area contributed by atoms with Gasteiger partial charge in [0.25, 0.3) is 0 Å². The molecule has 2 aliphatic heterocycles. The summed E-state index contributed by atoms with van der Waals surface area (Å²) in [6, 6.07) is 49.0. The molecule has 12 rings (SSSR count). The van der Waals surface area contributed by atoms with E-state index in [-0.39, 0.29) is 16.2 Å². The molecule has 10 aromatic rings. The van der Waals surface area contributed by atoms with Crippen molar-refractivity contribution >= 4 is 43.6 Å². The zero-order valence-electron chi connectivity index (χ0n) is 39.5. The van der Waals surface area contributed by atoms with Crippen LogP contribution in [0.5, 0.6) is 0 Å². The van der Waals surface area contributed by atoms with Crippen molar-refractivity contribution in [1.29, 1.82) is 0 Å². The maximum atomic E-state index is 5.56. The Morgan fingerprint density at radius 3 is 1.45 bits per heavy atom. The molecular formula is C59H56N6. The average Bonchev–Trinajstić information content (AvgIpc) is 3.79. The predicted molar refractivity (Wildman–Crippen MR) is 271 cm³/mol. The molecule has 0 fully saturated rings. The van der Waals surface area contributed by atoms with E-state index in [2.05, 4.69) is 201 Å². The number of hydrogen-bond acceptors (Lipinski definition) is 4. The maximum Gasteiger partial charge on any atom is 0.167 e. The molecule has 0 atom stereocenters. The monoisotopic (exact) mass is 848 g/mol. The first-order valence-electron chi connectivity index (χ1n) is 23.0. The smallest absolute Gasteiger partial charge is 0.167 e. The van der Waals surface area contributed by atoms with Crippen molar-refractivity contribution in [1.82, 2.24) is 29.1 Å². The molecule has 65 heavy (non-hydrogen) atoms. The molecule has 2 aliphatic rings. The third-order valence-electron chi connectivity index (χ3n) is 13.9. The zero-order chi connectivity index (χ0) is 45.4. The summed E-state index contributed by atoms with van der Waals surface area (Å²) in [4.78, 5) is 21.7. The number of rotatable bonds is 2. The molecule has 0 saturated heterocycles. The predicted octanol–water partition coefficient (Wildman–Crippen LogP) is 15.0. The Bertz CT molecular complexity index is 3490. The third kappa shape index (κ3) is 6.51. The molecule has 0 N–H and O–H groups in total. The highest BCUT2D eigenvalue weighted by Gasteiger charge is 2.31. The number of pyridine rings is 1. The number of aromatic nitrogens is 6. The van der Waals surface area contributed by atoms with Gasteiger partial charge < -0.3 is 4.57 Å². The minimum absolute atomic E-state index is 0.0144. The second-order valence-corrected chi connectivity index (χ2v) is 21.8. The van der Waals surface area contributed by atoms with E-state index in [1.807, 2.05) is 24.4 Å². The van der Waals surface area contributed by atoms with Crippen molar-refractivity contribution in [3.05, 3.63) is 167 Å². The average molecular weight is 849 g/mol. The standard InChI is InChI=1S/C59H56N6/c1-56(2,3)36-21-25-48-42(29-36)43-30-37(57(4,5)6)22-26-49(43)64(48)40-33-46-54-62-52(35-17-13-12-14-18-35)61-53(63-54)41-19-15-16-20-47(41)59(10,11)39-24-28-51-45(32-39)44-31-38(58(7,8)9)23-27-50(44)65(51)55(46)60-34-40/h12-34H,1-11H3. The summed E-state index contributed by atoms with van der Waals surface area (Å²) in [5.41, 5.74) is 13.9. The van der Waals surface area contributed by atoms with Crippen molar-refractivity contribution < 1.29 is 0 Å². The number of nitrogens with zero attached hydrogens (tertiary/aromatic N) is 6. The quantitative estimate of drug-likeness (QED) is 0.174. The first kappa shape index (κ1) is 40.8. The van der Waals surface area contributed by atoms with Gasteiger partial charge in [0, 0.05) is 38.1 Å². The fourth-order valence-electron chi connectivity index (χ4n) is 9.96. The van der Waals surface area contributed by atoms with Gasteiger partial charge in [0.2, 0.25) is 0 Å². The highest BCUT2D eigenvalue weighted by molar-refractivity contribution is 6.11. The van der Waals surface area contributed by atoms with Gasteiger partial charge in [-0.25, -0.2) is 19.9 Å². The largest absolute Gasteiger partial charge is 0.308 e. The van der Waals surface area contributed by atoms with E-state index in [0.29, 0.717) is 17.5 Å². The lowest BCUT2D eigenvalue weighted by molar-refractivity contribution is 0.590.